The van der Waals surface area contributed by atoms with Crippen molar-refractivity contribution < 1.29 is 9.53 Å². The van der Waals surface area contributed by atoms with E-state index in [2.05, 4.69) is 5.32 Å². The normalized spacial score (nSPS) is 12.6. The molecule has 0 aromatic carbocycles. The summed E-state index contributed by atoms with van der Waals surface area (Å²) in [6.45, 7) is 2.69. The van der Waals surface area contributed by atoms with E-state index in [0.717, 1.165) is 0 Å². The fraction of sp³-hybridized carbons (Fsp3) is 0.857. The lowest BCUT2D eigenvalue weighted by Crippen LogP contribution is -2.42. The van der Waals surface area contributed by atoms with Gasteiger partial charge >= 0.3 is 0 Å². The van der Waals surface area contributed by atoms with Crippen molar-refractivity contribution in [2.24, 2.45) is 5.73 Å². The van der Waals surface area contributed by atoms with Crippen molar-refractivity contribution in [3.8, 4) is 0 Å². The number of carbonyl (C=O) groups is 1. The number of methoxy groups -OCH3 is 1. The Balaban J connectivity index is 3.58. The molecule has 0 fully saturated rings. The summed E-state index contributed by atoms with van der Waals surface area (Å²) < 4.78 is 4.85. The van der Waals surface area contributed by atoms with Gasteiger partial charge in [0, 0.05) is 20.1 Å². The van der Waals surface area contributed by atoms with E-state index >= 15 is 0 Å². The van der Waals surface area contributed by atoms with Gasteiger partial charge in [0.2, 0.25) is 5.91 Å². The molecular weight excluding hydrogens is 144 g/mol. The van der Waals surface area contributed by atoms with E-state index < -0.39 is 0 Å². The maximum atomic E-state index is 10.8. The van der Waals surface area contributed by atoms with E-state index in [9.17, 15) is 4.79 Å². The van der Waals surface area contributed by atoms with Gasteiger partial charge in [-0.15, -0.1) is 0 Å². The van der Waals surface area contributed by atoms with E-state index in [1.807, 2.05) is 0 Å². The number of amides is 1. The zero-order valence-corrected chi connectivity index (χ0v) is 7.09. The van der Waals surface area contributed by atoms with Gasteiger partial charge in [0.25, 0.3) is 0 Å². The Bertz CT molecular complexity index is 117. The van der Waals surface area contributed by atoms with Crippen LogP contribution in [-0.4, -0.2) is 32.2 Å². The molecule has 1 atom stereocenters. The second-order valence-corrected chi connectivity index (χ2v) is 2.31. The molecular formula is C7H16N2O2. The van der Waals surface area contributed by atoms with Crippen molar-refractivity contribution >= 4 is 5.91 Å². The van der Waals surface area contributed by atoms with E-state index in [4.69, 9.17) is 10.5 Å². The topological polar surface area (TPSA) is 64.4 Å². The summed E-state index contributed by atoms with van der Waals surface area (Å²) in [5.74, 6) is 0.0116. The molecule has 0 aliphatic carbocycles. The van der Waals surface area contributed by atoms with Crippen LogP contribution in [0.3, 0.4) is 0 Å². The first kappa shape index (κ1) is 10.4. The van der Waals surface area contributed by atoms with Gasteiger partial charge in [-0.25, -0.2) is 0 Å². The van der Waals surface area contributed by atoms with Crippen LogP contribution in [0.1, 0.15) is 13.3 Å². The average molecular weight is 160 g/mol. The number of hydrogen-bond acceptors (Lipinski definition) is 3. The average Bonchev–Trinajstić information content (AvgIpc) is 2.03. The molecule has 1 unspecified atom stereocenters. The Hall–Kier alpha value is -0.610. The summed E-state index contributed by atoms with van der Waals surface area (Å²) in [6, 6.07) is -0.0487. The minimum Gasteiger partial charge on any atom is -0.383 e. The van der Waals surface area contributed by atoms with Gasteiger partial charge in [0.1, 0.15) is 0 Å². The molecule has 0 aromatic heterocycles. The maximum Gasteiger partial charge on any atom is 0.220 e. The standard InChI is InChI=1S/C7H16N2O2/c1-3-7(10)9-6(4-8)5-11-2/h6H,3-5,8H2,1-2H3,(H,9,10). The van der Waals surface area contributed by atoms with Crippen LogP contribution in [0.5, 0.6) is 0 Å². The summed E-state index contributed by atoms with van der Waals surface area (Å²) in [4.78, 5) is 10.8. The molecule has 66 valence electrons. The van der Waals surface area contributed by atoms with Gasteiger partial charge in [-0.2, -0.15) is 0 Å². The molecule has 3 N–H and O–H groups in total. The Labute approximate surface area is 67.1 Å². The molecule has 0 radical (unpaired) electrons. The minimum absolute atomic E-state index is 0.0116. The van der Waals surface area contributed by atoms with Crippen molar-refractivity contribution in [1.29, 1.82) is 0 Å². The lowest BCUT2D eigenvalue weighted by atomic mass is 10.3. The van der Waals surface area contributed by atoms with Crippen molar-refractivity contribution in [2.45, 2.75) is 19.4 Å². The van der Waals surface area contributed by atoms with E-state index in [1.165, 1.54) is 0 Å². The Morgan fingerprint density at radius 2 is 2.36 bits per heavy atom. The van der Waals surface area contributed by atoms with Crippen LogP contribution in [0, 0.1) is 0 Å². The molecule has 1 amide bonds. The fourth-order valence-corrected chi connectivity index (χ4v) is 0.700. The molecule has 11 heavy (non-hydrogen) atoms. The third-order valence-electron chi connectivity index (χ3n) is 1.34. The third kappa shape index (κ3) is 4.75. The molecule has 0 spiro atoms. The smallest absolute Gasteiger partial charge is 0.220 e. The summed E-state index contributed by atoms with van der Waals surface area (Å²) in [7, 11) is 1.58. The third-order valence-corrected chi connectivity index (χ3v) is 1.34. The van der Waals surface area contributed by atoms with Crippen LogP contribution in [0.4, 0.5) is 0 Å². The van der Waals surface area contributed by atoms with Gasteiger partial charge < -0.3 is 15.8 Å². The highest BCUT2D eigenvalue weighted by Gasteiger charge is 2.07. The molecule has 0 aliphatic rings. The van der Waals surface area contributed by atoms with Crippen LogP contribution in [0.15, 0.2) is 0 Å². The molecule has 4 nitrogen and oxygen atoms in total. The molecule has 0 aliphatic heterocycles. The summed E-state index contributed by atoms with van der Waals surface area (Å²) in [5, 5.41) is 2.73. The monoisotopic (exact) mass is 160 g/mol. The number of ether oxygens (including phenoxy) is 1. The maximum absolute atomic E-state index is 10.8. The first-order valence-electron chi connectivity index (χ1n) is 3.73. The molecule has 4 heteroatoms. The number of nitrogens with two attached hydrogens (primary N) is 1. The lowest BCUT2D eigenvalue weighted by molar-refractivity contribution is -0.121. The number of carbonyl (C=O) groups excluding carboxylic acids is 1. The van der Waals surface area contributed by atoms with E-state index in [1.54, 1.807) is 14.0 Å². The number of hydrogen-bond donors (Lipinski definition) is 2. The summed E-state index contributed by atoms with van der Waals surface area (Å²) in [6.07, 6.45) is 0.486. The Kier molecular flexibility index (Phi) is 5.78. The first-order chi connectivity index (χ1) is 5.24. The van der Waals surface area contributed by atoms with Crippen LogP contribution >= 0.6 is 0 Å². The summed E-state index contributed by atoms with van der Waals surface area (Å²) >= 11 is 0. The highest BCUT2D eigenvalue weighted by Crippen LogP contribution is 1.83. The van der Waals surface area contributed by atoms with E-state index in [0.29, 0.717) is 19.6 Å². The van der Waals surface area contributed by atoms with Crippen LogP contribution in [0.2, 0.25) is 0 Å². The van der Waals surface area contributed by atoms with Gasteiger partial charge in [-0.1, -0.05) is 6.92 Å². The van der Waals surface area contributed by atoms with Gasteiger partial charge in [-0.05, 0) is 0 Å². The molecule has 0 saturated heterocycles. The molecule has 0 heterocycles. The molecule has 0 saturated carbocycles. The fourth-order valence-electron chi connectivity index (χ4n) is 0.700. The van der Waals surface area contributed by atoms with Gasteiger partial charge in [-0.3, -0.25) is 4.79 Å². The number of rotatable bonds is 5. The molecule has 0 rings (SSSR count). The van der Waals surface area contributed by atoms with Gasteiger partial charge in [0.05, 0.1) is 12.6 Å². The highest BCUT2D eigenvalue weighted by molar-refractivity contribution is 5.75. The van der Waals surface area contributed by atoms with Crippen LogP contribution < -0.4 is 11.1 Å². The zero-order chi connectivity index (χ0) is 8.69. The van der Waals surface area contributed by atoms with Crippen LogP contribution in [-0.2, 0) is 9.53 Å². The largest absolute Gasteiger partial charge is 0.383 e. The zero-order valence-electron chi connectivity index (χ0n) is 7.09. The van der Waals surface area contributed by atoms with Crippen molar-refractivity contribution in [3.05, 3.63) is 0 Å². The van der Waals surface area contributed by atoms with Crippen molar-refractivity contribution in [3.63, 3.8) is 0 Å². The van der Waals surface area contributed by atoms with Gasteiger partial charge in [0.15, 0.2) is 0 Å². The predicted molar refractivity (Wildman–Crippen MR) is 43.2 cm³/mol. The highest BCUT2D eigenvalue weighted by atomic mass is 16.5. The minimum atomic E-state index is -0.0487. The second-order valence-electron chi connectivity index (χ2n) is 2.31. The second kappa shape index (κ2) is 6.12. The summed E-state index contributed by atoms with van der Waals surface area (Å²) in [5.41, 5.74) is 5.37. The van der Waals surface area contributed by atoms with Crippen LogP contribution in [0.25, 0.3) is 0 Å². The van der Waals surface area contributed by atoms with E-state index in [-0.39, 0.29) is 11.9 Å². The first-order valence-corrected chi connectivity index (χ1v) is 3.73. The quantitative estimate of drug-likeness (QED) is 0.569. The number of nitrogens with one attached hydrogen (secondary N) is 1. The van der Waals surface area contributed by atoms with Crippen molar-refractivity contribution in [2.75, 3.05) is 20.3 Å². The predicted octanol–water partition coefficient (Wildman–Crippen LogP) is -0.514. The molecule has 0 aromatic rings. The van der Waals surface area contributed by atoms with Crippen molar-refractivity contribution in [1.82, 2.24) is 5.32 Å². The lowest BCUT2D eigenvalue weighted by Gasteiger charge is -2.14. The SMILES string of the molecule is CCC(=O)NC(CN)COC. The Morgan fingerprint density at radius 3 is 2.73 bits per heavy atom. The molecule has 0 bridgehead atoms. The Morgan fingerprint density at radius 1 is 1.73 bits per heavy atom.